The lowest BCUT2D eigenvalue weighted by Gasteiger charge is -2.09. The zero-order chi connectivity index (χ0) is 8.97. The highest BCUT2D eigenvalue weighted by Gasteiger charge is 2.24. The van der Waals surface area contributed by atoms with E-state index in [9.17, 15) is 4.79 Å². The maximum Gasteiger partial charge on any atom is 0.308 e. The van der Waals surface area contributed by atoms with Gasteiger partial charge >= 0.3 is 5.97 Å². The standard InChI is InChI=1S/C9H17NO2/c1-7(4-5-10)9(11)12-6-8-2-3-8/h7-8H,2-6,10H2,1H3. The van der Waals surface area contributed by atoms with Crippen LogP contribution in [-0.4, -0.2) is 19.1 Å². The van der Waals surface area contributed by atoms with Gasteiger partial charge in [-0.2, -0.15) is 0 Å². The summed E-state index contributed by atoms with van der Waals surface area (Å²) in [6, 6.07) is 0. The van der Waals surface area contributed by atoms with Crippen molar-refractivity contribution >= 4 is 5.97 Å². The Kier molecular flexibility index (Phi) is 3.53. The number of esters is 1. The van der Waals surface area contributed by atoms with Gasteiger partial charge in [0.1, 0.15) is 0 Å². The molecule has 0 radical (unpaired) electrons. The molecule has 1 fully saturated rings. The Labute approximate surface area is 73.3 Å². The molecule has 1 rings (SSSR count). The number of ether oxygens (including phenoxy) is 1. The first-order chi connectivity index (χ1) is 5.74. The molecule has 1 aliphatic carbocycles. The summed E-state index contributed by atoms with van der Waals surface area (Å²) < 4.78 is 5.09. The fourth-order valence-electron chi connectivity index (χ4n) is 0.995. The predicted octanol–water partition coefficient (Wildman–Crippen LogP) is 0.924. The van der Waals surface area contributed by atoms with Crippen LogP contribution in [0, 0.1) is 11.8 Å². The minimum absolute atomic E-state index is 0.0336. The Morgan fingerprint density at radius 2 is 2.33 bits per heavy atom. The van der Waals surface area contributed by atoms with E-state index in [-0.39, 0.29) is 11.9 Å². The van der Waals surface area contributed by atoms with E-state index in [2.05, 4.69) is 0 Å². The lowest BCUT2D eigenvalue weighted by Crippen LogP contribution is -2.19. The molecule has 1 saturated carbocycles. The van der Waals surface area contributed by atoms with E-state index in [1.54, 1.807) is 0 Å². The van der Waals surface area contributed by atoms with E-state index in [0.717, 1.165) is 6.42 Å². The maximum atomic E-state index is 11.2. The molecule has 1 aliphatic rings. The Bertz CT molecular complexity index is 155. The third kappa shape index (κ3) is 3.22. The van der Waals surface area contributed by atoms with Gasteiger partial charge in [0.05, 0.1) is 12.5 Å². The molecule has 2 N–H and O–H groups in total. The average molecular weight is 171 g/mol. The van der Waals surface area contributed by atoms with Gasteiger partial charge in [-0.1, -0.05) is 6.92 Å². The molecule has 0 saturated heterocycles. The molecule has 0 aliphatic heterocycles. The molecule has 0 bridgehead atoms. The van der Waals surface area contributed by atoms with Crippen molar-refractivity contribution in [2.45, 2.75) is 26.2 Å². The van der Waals surface area contributed by atoms with Crippen molar-refractivity contribution in [2.75, 3.05) is 13.2 Å². The van der Waals surface area contributed by atoms with E-state index < -0.39 is 0 Å². The summed E-state index contributed by atoms with van der Waals surface area (Å²) in [5, 5.41) is 0. The quantitative estimate of drug-likeness (QED) is 0.626. The molecule has 3 nitrogen and oxygen atoms in total. The zero-order valence-electron chi connectivity index (χ0n) is 7.58. The largest absolute Gasteiger partial charge is 0.465 e. The SMILES string of the molecule is CC(CCN)C(=O)OCC1CC1. The summed E-state index contributed by atoms with van der Waals surface area (Å²) in [4.78, 5) is 11.2. The van der Waals surface area contributed by atoms with Crippen molar-refractivity contribution in [1.82, 2.24) is 0 Å². The van der Waals surface area contributed by atoms with Gasteiger partial charge in [0.25, 0.3) is 0 Å². The van der Waals surface area contributed by atoms with Crippen LogP contribution < -0.4 is 5.73 Å². The van der Waals surface area contributed by atoms with Crippen LogP contribution >= 0.6 is 0 Å². The molecule has 3 heteroatoms. The smallest absolute Gasteiger partial charge is 0.308 e. The van der Waals surface area contributed by atoms with Crippen molar-refractivity contribution in [3.63, 3.8) is 0 Å². The molecule has 1 unspecified atom stereocenters. The maximum absolute atomic E-state index is 11.2. The van der Waals surface area contributed by atoms with Crippen LogP contribution in [0.25, 0.3) is 0 Å². The average Bonchev–Trinajstić information content (AvgIpc) is 2.83. The number of carbonyl (C=O) groups is 1. The highest BCUT2D eigenvalue weighted by atomic mass is 16.5. The van der Waals surface area contributed by atoms with Crippen molar-refractivity contribution in [3.8, 4) is 0 Å². The normalized spacial score (nSPS) is 18.8. The Morgan fingerprint density at radius 1 is 1.67 bits per heavy atom. The van der Waals surface area contributed by atoms with E-state index >= 15 is 0 Å². The fraction of sp³-hybridized carbons (Fsp3) is 0.889. The third-order valence-corrected chi connectivity index (χ3v) is 2.16. The number of hydrogen-bond acceptors (Lipinski definition) is 3. The Hall–Kier alpha value is -0.570. The van der Waals surface area contributed by atoms with Crippen molar-refractivity contribution in [2.24, 2.45) is 17.6 Å². The second-order valence-electron chi connectivity index (χ2n) is 3.55. The van der Waals surface area contributed by atoms with Gasteiger partial charge in [-0.25, -0.2) is 0 Å². The highest BCUT2D eigenvalue weighted by molar-refractivity contribution is 5.71. The lowest BCUT2D eigenvalue weighted by molar-refractivity contribution is -0.148. The molecule has 0 spiro atoms. The second-order valence-corrected chi connectivity index (χ2v) is 3.55. The van der Waals surface area contributed by atoms with Crippen LogP contribution in [0.1, 0.15) is 26.2 Å². The van der Waals surface area contributed by atoms with Gasteiger partial charge in [-0.15, -0.1) is 0 Å². The molecule has 0 amide bonds. The van der Waals surface area contributed by atoms with Gasteiger partial charge < -0.3 is 10.5 Å². The number of nitrogens with two attached hydrogens (primary N) is 1. The van der Waals surface area contributed by atoms with Crippen LogP contribution in [-0.2, 0) is 9.53 Å². The van der Waals surface area contributed by atoms with Crippen LogP contribution in [0.3, 0.4) is 0 Å². The van der Waals surface area contributed by atoms with E-state index in [1.807, 2.05) is 6.92 Å². The van der Waals surface area contributed by atoms with Crippen molar-refractivity contribution < 1.29 is 9.53 Å². The third-order valence-electron chi connectivity index (χ3n) is 2.16. The van der Waals surface area contributed by atoms with Crippen LogP contribution in [0.5, 0.6) is 0 Å². The van der Waals surface area contributed by atoms with Crippen LogP contribution in [0.2, 0.25) is 0 Å². The summed E-state index contributed by atoms with van der Waals surface area (Å²) in [5.74, 6) is 0.528. The summed E-state index contributed by atoms with van der Waals surface area (Å²) >= 11 is 0. The summed E-state index contributed by atoms with van der Waals surface area (Å²) in [6.45, 7) is 3.04. The second kappa shape index (κ2) is 4.45. The molecule has 0 heterocycles. The van der Waals surface area contributed by atoms with Gasteiger partial charge in [0.2, 0.25) is 0 Å². The Balaban J connectivity index is 2.07. The first-order valence-corrected chi connectivity index (χ1v) is 4.60. The topological polar surface area (TPSA) is 52.3 Å². The lowest BCUT2D eigenvalue weighted by atomic mass is 10.1. The van der Waals surface area contributed by atoms with Crippen LogP contribution in [0.15, 0.2) is 0 Å². The van der Waals surface area contributed by atoms with E-state index in [0.29, 0.717) is 19.1 Å². The summed E-state index contributed by atoms with van der Waals surface area (Å²) in [7, 11) is 0. The monoisotopic (exact) mass is 171 g/mol. The molecule has 1 atom stereocenters. The minimum atomic E-state index is -0.0904. The fourth-order valence-corrected chi connectivity index (χ4v) is 0.995. The zero-order valence-corrected chi connectivity index (χ0v) is 7.58. The number of hydrogen-bond donors (Lipinski definition) is 1. The van der Waals surface area contributed by atoms with Gasteiger partial charge in [-0.3, -0.25) is 4.79 Å². The predicted molar refractivity (Wildman–Crippen MR) is 46.5 cm³/mol. The van der Waals surface area contributed by atoms with Crippen molar-refractivity contribution in [3.05, 3.63) is 0 Å². The minimum Gasteiger partial charge on any atom is -0.465 e. The van der Waals surface area contributed by atoms with Crippen molar-refractivity contribution in [1.29, 1.82) is 0 Å². The summed E-state index contributed by atoms with van der Waals surface area (Å²) in [5.41, 5.74) is 5.33. The Morgan fingerprint density at radius 3 is 2.83 bits per heavy atom. The molecular formula is C9H17NO2. The van der Waals surface area contributed by atoms with E-state index in [4.69, 9.17) is 10.5 Å². The first-order valence-electron chi connectivity index (χ1n) is 4.60. The molecule has 0 aromatic rings. The summed E-state index contributed by atoms with van der Waals surface area (Å²) in [6.07, 6.45) is 3.17. The molecular weight excluding hydrogens is 154 g/mol. The number of carbonyl (C=O) groups excluding carboxylic acids is 1. The van der Waals surface area contributed by atoms with Gasteiger partial charge in [-0.05, 0) is 31.7 Å². The molecule has 0 aromatic heterocycles. The highest BCUT2D eigenvalue weighted by Crippen LogP contribution is 2.29. The van der Waals surface area contributed by atoms with E-state index in [1.165, 1.54) is 12.8 Å². The molecule has 0 aromatic carbocycles. The first kappa shape index (κ1) is 9.52. The number of rotatable bonds is 5. The van der Waals surface area contributed by atoms with Gasteiger partial charge in [0.15, 0.2) is 0 Å². The molecule has 70 valence electrons. The molecule has 12 heavy (non-hydrogen) atoms. The van der Waals surface area contributed by atoms with Gasteiger partial charge in [0, 0.05) is 0 Å². The van der Waals surface area contributed by atoms with Crippen LogP contribution in [0.4, 0.5) is 0 Å².